The predicted octanol–water partition coefficient (Wildman–Crippen LogP) is 6.48. The average molecular weight is 301 g/mol. The molecule has 0 aliphatic rings. The molecule has 0 unspecified atom stereocenters. The van der Waals surface area contributed by atoms with Crippen LogP contribution in [0.3, 0.4) is 0 Å². The number of hydrogen-bond acceptors (Lipinski definition) is 2. The van der Waals surface area contributed by atoms with Crippen LogP contribution in [-0.2, 0) is 9.47 Å². The minimum absolute atomic E-state index is 0.0307. The van der Waals surface area contributed by atoms with Crippen LogP contribution in [0, 0.1) is 0 Å². The Hall–Kier alpha value is -0.0800. The van der Waals surface area contributed by atoms with Crippen LogP contribution in [0.2, 0.25) is 0 Å². The molecule has 0 aromatic rings. The second-order valence-electron chi connectivity index (χ2n) is 6.02. The van der Waals surface area contributed by atoms with Gasteiger partial charge in [-0.2, -0.15) is 0 Å². The summed E-state index contributed by atoms with van der Waals surface area (Å²) in [6, 6.07) is 0. The molecular formula is C19H40O2. The van der Waals surface area contributed by atoms with E-state index in [1.165, 1.54) is 77.0 Å². The van der Waals surface area contributed by atoms with Gasteiger partial charge in [-0.15, -0.1) is 0 Å². The standard InChI is InChI=1S/C19H40O2/c1-4-7-8-9-10-11-12-13-14-15-16-17-18-19(20-5-2)21-6-3/h19H,4-18H2,1-3H3. The molecule has 0 amide bonds. The maximum Gasteiger partial charge on any atom is 0.157 e. The largest absolute Gasteiger partial charge is 0.353 e. The first kappa shape index (κ1) is 20.9. The van der Waals surface area contributed by atoms with Crippen LogP contribution in [0.25, 0.3) is 0 Å². The van der Waals surface area contributed by atoms with Crippen molar-refractivity contribution in [1.82, 2.24) is 0 Å². The van der Waals surface area contributed by atoms with Crippen molar-refractivity contribution < 1.29 is 9.47 Å². The van der Waals surface area contributed by atoms with Gasteiger partial charge in [0.1, 0.15) is 0 Å². The van der Waals surface area contributed by atoms with E-state index in [0.717, 1.165) is 19.6 Å². The van der Waals surface area contributed by atoms with Gasteiger partial charge >= 0.3 is 0 Å². The zero-order valence-corrected chi connectivity index (χ0v) is 15.0. The van der Waals surface area contributed by atoms with Gasteiger partial charge in [0, 0.05) is 13.2 Å². The molecule has 0 saturated heterocycles. The van der Waals surface area contributed by atoms with Crippen LogP contribution in [0.1, 0.15) is 104 Å². The molecule has 128 valence electrons. The van der Waals surface area contributed by atoms with Gasteiger partial charge in [-0.1, -0.05) is 77.6 Å². The van der Waals surface area contributed by atoms with E-state index in [9.17, 15) is 0 Å². The minimum Gasteiger partial charge on any atom is -0.353 e. The first-order valence-corrected chi connectivity index (χ1v) is 9.58. The Morgan fingerprint density at radius 2 is 0.905 bits per heavy atom. The van der Waals surface area contributed by atoms with Crippen LogP contribution in [0.15, 0.2) is 0 Å². The fourth-order valence-corrected chi connectivity index (χ4v) is 2.74. The van der Waals surface area contributed by atoms with Gasteiger partial charge in [-0.3, -0.25) is 0 Å². The lowest BCUT2D eigenvalue weighted by atomic mass is 10.0. The fourth-order valence-electron chi connectivity index (χ4n) is 2.74. The Balaban J connectivity index is 3.17. The molecule has 0 bridgehead atoms. The van der Waals surface area contributed by atoms with E-state index < -0.39 is 0 Å². The van der Waals surface area contributed by atoms with Crippen LogP contribution in [-0.4, -0.2) is 19.5 Å². The summed E-state index contributed by atoms with van der Waals surface area (Å²) < 4.78 is 11.1. The Morgan fingerprint density at radius 3 is 1.29 bits per heavy atom. The lowest BCUT2D eigenvalue weighted by molar-refractivity contribution is -0.140. The quantitative estimate of drug-likeness (QED) is 0.226. The smallest absolute Gasteiger partial charge is 0.157 e. The second kappa shape index (κ2) is 18.0. The van der Waals surface area contributed by atoms with Crippen LogP contribution in [0.4, 0.5) is 0 Å². The normalized spacial score (nSPS) is 11.4. The van der Waals surface area contributed by atoms with Gasteiger partial charge < -0.3 is 9.47 Å². The maximum absolute atomic E-state index is 5.56. The highest BCUT2D eigenvalue weighted by Gasteiger charge is 2.06. The third-order valence-electron chi connectivity index (χ3n) is 4.00. The number of unbranched alkanes of at least 4 members (excludes halogenated alkanes) is 11. The summed E-state index contributed by atoms with van der Waals surface area (Å²) in [5.74, 6) is 0. The third-order valence-corrected chi connectivity index (χ3v) is 4.00. The molecule has 0 aromatic heterocycles. The minimum atomic E-state index is 0.0307. The lowest BCUT2D eigenvalue weighted by Gasteiger charge is -2.16. The molecule has 0 fully saturated rings. The molecule has 0 atom stereocenters. The molecule has 21 heavy (non-hydrogen) atoms. The van der Waals surface area contributed by atoms with E-state index in [1.807, 2.05) is 13.8 Å². The van der Waals surface area contributed by atoms with E-state index in [0.29, 0.717) is 0 Å². The fraction of sp³-hybridized carbons (Fsp3) is 1.00. The third kappa shape index (κ3) is 16.1. The van der Waals surface area contributed by atoms with Gasteiger partial charge in [0.25, 0.3) is 0 Å². The summed E-state index contributed by atoms with van der Waals surface area (Å²) >= 11 is 0. The van der Waals surface area contributed by atoms with Crippen molar-refractivity contribution in [3.05, 3.63) is 0 Å². The molecule has 0 rings (SSSR count). The van der Waals surface area contributed by atoms with Crippen molar-refractivity contribution >= 4 is 0 Å². The summed E-state index contributed by atoms with van der Waals surface area (Å²) in [5.41, 5.74) is 0. The molecule has 2 nitrogen and oxygen atoms in total. The zero-order valence-electron chi connectivity index (χ0n) is 15.0. The Bertz CT molecular complexity index is 176. The van der Waals surface area contributed by atoms with Gasteiger partial charge in [0.2, 0.25) is 0 Å². The number of rotatable bonds is 17. The Labute approximate surface area is 134 Å². The van der Waals surface area contributed by atoms with Crippen molar-refractivity contribution in [2.75, 3.05) is 13.2 Å². The molecule has 0 N–H and O–H groups in total. The zero-order chi connectivity index (χ0) is 15.6. The summed E-state index contributed by atoms with van der Waals surface area (Å²) in [6.07, 6.45) is 17.9. The molecule has 0 aliphatic heterocycles. The summed E-state index contributed by atoms with van der Waals surface area (Å²) in [4.78, 5) is 0. The summed E-state index contributed by atoms with van der Waals surface area (Å²) in [5, 5.41) is 0. The Kier molecular flexibility index (Phi) is 17.9. The number of hydrogen-bond donors (Lipinski definition) is 0. The summed E-state index contributed by atoms with van der Waals surface area (Å²) in [7, 11) is 0. The molecule has 0 radical (unpaired) electrons. The predicted molar refractivity (Wildman–Crippen MR) is 92.7 cm³/mol. The van der Waals surface area contributed by atoms with Crippen molar-refractivity contribution in [2.45, 2.75) is 111 Å². The van der Waals surface area contributed by atoms with Crippen LogP contribution < -0.4 is 0 Å². The van der Waals surface area contributed by atoms with E-state index in [2.05, 4.69) is 6.92 Å². The molecule has 0 heterocycles. The van der Waals surface area contributed by atoms with E-state index in [4.69, 9.17) is 9.47 Å². The van der Waals surface area contributed by atoms with E-state index in [-0.39, 0.29) is 6.29 Å². The highest BCUT2D eigenvalue weighted by Crippen LogP contribution is 2.14. The highest BCUT2D eigenvalue weighted by molar-refractivity contribution is 4.51. The second-order valence-corrected chi connectivity index (χ2v) is 6.02. The molecule has 0 aromatic carbocycles. The molecule has 0 aliphatic carbocycles. The Morgan fingerprint density at radius 1 is 0.524 bits per heavy atom. The summed E-state index contributed by atoms with van der Waals surface area (Å²) in [6.45, 7) is 7.86. The van der Waals surface area contributed by atoms with Gasteiger partial charge in [0.15, 0.2) is 6.29 Å². The lowest BCUT2D eigenvalue weighted by Crippen LogP contribution is -2.17. The average Bonchev–Trinajstić information content (AvgIpc) is 2.48. The van der Waals surface area contributed by atoms with Crippen molar-refractivity contribution in [1.29, 1.82) is 0 Å². The monoisotopic (exact) mass is 300 g/mol. The maximum atomic E-state index is 5.56. The first-order chi connectivity index (χ1) is 10.3. The van der Waals surface area contributed by atoms with Crippen LogP contribution >= 0.6 is 0 Å². The molecule has 0 spiro atoms. The van der Waals surface area contributed by atoms with Crippen molar-refractivity contribution in [3.8, 4) is 0 Å². The first-order valence-electron chi connectivity index (χ1n) is 9.58. The van der Waals surface area contributed by atoms with Gasteiger partial charge in [-0.05, 0) is 26.7 Å². The molecular weight excluding hydrogens is 260 g/mol. The molecule has 2 heteroatoms. The van der Waals surface area contributed by atoms with E-state index in [1.54, 1.807) is 0 Å². The van der Waals surface area contributed by atoms with Crippen LogP contribution in [0.5, 0.6) is 0 Å². The number of ether oxygens (including phenoxy) is 2. The molecule has 0 saturated carbocycles. The topological polar surface area (TPSA) is 18.5 Å². The van der Waals surface area contributed by atoms with Crippen molar-refractivity contribution in [2.24, 2.45) is 0 Å². The van der Waals surface area contributed by atoms with Gasteiger partial charge in [0.05, 0.1) is 0 Å². The van der Waals surface area contributed by atoms with Gasteiger partial charge in [-0.25, -0.2) is 0 Å². The highest BCUT2D eigenvalue weighted by atomic mass is 16.7. The van der Waals surface area contributed by atoms with Crippen molar-refractivity contribution in [3.63, 3.8) is 0 Å². The SMILES string of the molecule is CCCCCCCCCCCCCCC(OCC)OCC. The van der Waals surface area contributed by atoms with E-state index >= 15 is 0 Å².